The van der Waals surface area contributed by atoms with E-state index in [0.717, 1.165) is 32.1 Å². The van der Waals surface area contributed by atoms with Crippen LogP contribution in [0.25, 0.3) is 0 Å². The average Bonchev–Trinajstić information content (AvgIpc) is 2.27. The molecule has 1 aliphatic carbocycles. The lowest BCUT2D eigenvalue weighted by atomic mass is 9.97. The molecule has 0 unspecified atom stereocenters. The van der Waals surface area contributed by atoms with Crippen LogP contribution in [0.15, 0.2) is 11.6 Å². The molecule has 1 heteroatoms. The van der Waals surface area contributed by atoms with Gasteiger partial charge in [-0.2, -0.15) is 0 Å². The molecular weight excluding hydrogens is 184 g/mol. The Morgan fingerprint density at radius 2 is 1.93 bits per heavy atom. The van der Waals surface area contributed by atoms with Crippen LogP contribution >= 0.6 is 0 Å². The fourth-order valence-corrected chi connectivity index (χ4v) is 1.59. The van der Waals surface area contributed by atoms with E-state index in [2.05, 4.69) is 32.6 Å². The van der Waals surface area contributed by atoms with Crippen molar-refractivity contribution in [2.75, 3.05) is 0 Å². The molecule has 0 amide bonds. The van der Waals surface area contributed by atoms with Gasteiger partial charge in [0.25, 0.3) is 0 Å². The number of hydrogen-bond acceptors (Lipinski definition) is 1. The second kappa shape index (κ2) is 5.16. The fraction of sp³-hybridized carbons (Fsp3) is 0.643. The van der Waals surface area contributed by atoms with Crippen molar-refractivity contribution in [2.45, 2.75) is 52.9 Å². The van der Waals surface area contributed by atoms with Crippen molar-refractivity contribution in [1.29, 1.82) is 0 Å². The standard InChI is InChI=1S/C14H20O/c1-14(2,3)10-6-8-12-7-4-5-9-13(15)11-12/h11H,4-5,7-9H2,1-3H3. The second-order valence-electron chi connectivity index (χ2n) is 5.20. The van der Waals surface area contributed by atoms with E-state index in [0.29, 0.717) is 0 Å². The number of rotatable bonds is 1. The number of ketones is 1. The Kier molecular flexibility index (Phi) is 4.15. The smallest absolute Gasteiger partial charge is 0.155 e. The molecule has 0 aliphatic heterocycles. The lowest BCUT2D eigenvalue weighted by Gasteiger charge is -2.07. The summed E-state index contributed by atoms with van der Waals surface area (Å²) in [4.78, 5) is 11.3. The van der Waals surface area contributed by atoms with Crippen LogP contribution in [0.1, 0.15) is 52.9 Å². The zero-order chi connectivity index (χ0) is 11.3. The van der Waals surface area contributed by atoms with Crippen molar-refractivity contribution >= 4 is 5.78 Å². The van der Waals surface area contributed by atoms with Gasteiger partial charge in [0.1, 0.15) is 0 Å². The first kappa shape index (κ1) is 12.0. The van der Waals surface area contributed by atoms with Crippen molar-refractivity contribution in [2.24, 2.45) is 5.41 Å². The zero-order valence-corrected chi connectivity index (χ0v) is 10.0. The summed E-state index contributed by atoms with van der Waals surface area (Å²) < 4.78 is 0. The molecule has 0 fully saturated rings. The highest BCUT2D eigenvalue weighted by Crippen LogP contribution is 2.18. The van der Waals surface area contributed by atoms with E-state index >= 15 is 0 Å². The molecule has 0 radical (unpaired) electrons. The third-order valence-electron chi connectivity index (χ3n) is 2.32. The molecule has 1 aliphatic rings. The predicted molar refractivity (Wildman–Crippen MR) is 63.4 cm³/mol. The lowest BCUT2D eigenvalue weighted by molar-refractivity contribution is -0.114. The Balaban J connectivity index is 2.56. The molecule has 0 saturated heterocycles. The van der Waals surface area contributed by atoms with Crippen molar-refractivity contribution in [3.05, 3.63) is 11.6 Å². The average molecular weight is 204 g/mol. The van der Waals surface area contributed by atoms with Gasteiger partial charge in [0.15, 0.2) is 5.78 Å². The van der Waals surface area contributed by atoms with E-state index in [1.54, 1.807) is 0 Å². The van der Waals surface area contributed by atoms with Gasteiger partial charge in [-0.15, -0.1) is 0 Å². The predicted octanol–water partition coefficient (Wildman–Crippen LogP) is 3.50. The van der Waals surface area contributed by atoms with Crippen LogP contribution in [0.2, 0.25) is 0 Å². The maximum atomic E-state index is 11.3. The van der Waals surface area contributed by atoms with Crippen LogP contribution in [0.4, 0.5) is 0 Å². The van der Waals surface area contributed by atoms with Gasteiger partial charge in [-0.25, -0.2) is 0 Å². The molecular formula is C14H20O. The van der Waals surface area contributed by atoms with Crippen LogP contribution in [0.3, 0.4) is 0 Å². The summed E-state index contributed by atoms with van der Waals surface area (Å²) in [5.41, 5.74) is 1.28. The summed E-state index contributed by atoms with van der Waals surface area (Å²) in [6.07, 6.45) is 6.51. The molecule has 15 heavy (non-hydrogen) atoms. The van der Waals surface area contributed by atoms with Gasteiger partial charge < -0.3 is 0 Å². The fourth-order valence-electron chi connectivity index (χ4n) is 1.59. The number of carbonyl (C=O) groups excluding carboxylic acids is 1. The first-order chi connectivity index (χ1) is 6.97. The quantitative estimate of drug-likeness (QED) is 0.597. The SMILES string of the molecule is CC(C)(C)C#CCC1=CC(=O)CCCC1. The molecule has 0 saturated carbocycles. The van der Waals surface area contributed by atoms with Gasteiger partial charge in [0.05, 0.1) is 0 Å². The first-order valence-corrected chi connectivity index (χ1v) is 5.70. The van der Waals surface area contributed by atoms with E-state index in [4.69, 9.17) is 0 Å². The first-order valence-electron chi connectivity index (χ1n) is 5.70. The summed E-state index contributed by atoms with van der Waals surface area (Å²) in [6, 6.07) is 0. The summed E-state index contributed by atoms with van der Waals surface area (Å²) in [6.45, 7) is 6.31. The van der Waals surface area contributed by atoms with E-state index in [9.17, 15) is 4.79 Å². The minimum Gasteiger partial charge on any atom is -0.295 e. The largest absolute Gasteiger partial charge is 0.295 e. The van der Waals surface area contributed by atoms with Crippen LogP contribution in [0, 0.1) is 17.3 Å². The summed E-state index contributed by atoms with van der Waals surface area (Å²) in [5, 5.41) is 0. The highest BCUT2D eigenvalue weighted by atomic mass is 16.1. The van der Waals surface area contributed by atoms with Crippen molar-refractivity contribution < 1.29 is 4.79 Å². The van der Waals surface area contributed by atoms with Crippen molar-refractivity contribution in [3.8, 4) is 11.8 Å². The minimum absolute atomic E-state index is 0.0648. The topological polar surface area (TPSA) is 17.1 Å². The number of carbonyl (C=O) groups is 1. The van der Waals surface area contributed by atoms with E-state index in [-0.39, 0.29) is 11.2 Å². The number of hydrogen-bond donors (Lipinski definition) is 0. The van der Waals surface area contributed by atoms with Gasteiger partial charge >= 0.3 is 0 Å². The van der Waals surface area contributed by atoms with Gasteiger partial charge in [-0.1, -0.05) is 17.4 Å². The van der Waals surface area contributed by atoms with Crippen LogP contribution in [-0.4, -0.2) is 5.78 Å². The Hall–Kier alpha value is -1.03. The molecule has 0 aromatic carbocycles. The zero-order valence-electron chi connectivity index (χ0n) is 10.0. The summed E-state index contributed by atoms with van der Waals surface area (Å²) in [7, 11) is 0. The maximum absolute atomic E-state index is 11.3. The third kappa shape index (κ3) is 5.42. The normalized spacial score (nSPS) is 17.5. The summed E-state index contributed by atoms with van der Waals surface area (Å²) in [5.74, 6) is 6.65. The van der Waals surface area contributed by atoms with Crippen LogP contribution < -0.4 is 0 Å². The molecule has 0 heterocycles. The Bertz CT molecular complexity index is 317. The Morgan fingerprint density at radius 3 is 2.60 bits per heavy atom. The van der Waals surface area contributed by atoms with E-state index in [1.165, 1.54) is 5.57 Å². The minimum atomic E-state index is 0.0648. The molecule has 1 nitrogen and oxygen atoms in total. The lowest BCUT2D eigenvalue weighted by Crippen LogP contribution is -1.99. The molecule has 82 valence electrons. The van der Waals surface area contributed by atoms with E-state index < -0.39 is 0 Å². The summed E-state index contributed by atoms with van der Waals surface area (Å²) >= 11 is 0. The van der Waals surface area contributed by atoms with Gasteiger partial charge in [-0.3, -0.25) is 4.79 Å². The monoisotopic (exact) mass is 204 g/mol. The van der Waals surface area contributed by atoms with Crippen molar-refractivity contribution in [1.82, 2.24) is 0 Å². The highest BCUT2D eigenvalue weighted by Gasteiger charge is 2.08. The Labute approximate surface area is 92.9 Å². The molecule has 0 bridgehead atoms. The maximum Gasteiger partial charge on any atom is 0.155 e. The molecule has 0 aromatic rings. The van der Waals surface area contributed by atoms with Crippen molar-refractivity contribution in [3.63, 3.8) is 0 Å². The van der Waals surface area contributed by atoms with Crippen LogP contribution in [0.5, 0.6) is 0 Å². The molecule has 1 rings (SSSR count). The third-order valence-corrected chi connectivity index (χ3v) is 2.32. The molecule has 0 aromatic heterocycles. The van der Waals surface area contributed by atoms with Gasteiger partial charge in [0, 0.05) is 18.3 Å². The highest BCUT2D eigenvalue weighted by molar-refractivity contribution is 5.90. The molecule has 0 atom stereocenters. The Morgan fingerprint density at radius 1 is 1.27 bits per heavy atom. The molecule has 0 N–H and O–H groups in total. The van der Waals surface area contributed by atoms with Crippen LogP contribution in [-0.2, 0) is 4.79 Å². The van der Waals surface area contributed by atoms with E-state index in [1.807, 2.05) is 6.08 Å². The van der Waals surface area contributed by atoms with Gasteiger partial charge in [0.2, 0.25) is 0 Å². The van der Waals surface area contributed by atoms with Gasteiger partial charge in [-0.05, 0) is 46.1 Å². The molecule has 0 spiro atoms. The number of allylic oxidation sites excluding steroid dienone is 2. The second-order valence-corrected chi connectivity index (χ2v) is 5.20.